The van der Waals surface area contributed by atoms with Gasteiger partial charge in [-0.05, 0) is 88.6 Å². The average molecular weight is 364 g/mol. The van der Waals surface area contributed by atoms with E-state index < -0.39 is 11.7 Å². The van der Waals surface area contributed by atoms with Gasteiger partial charge in [0.1, 0.15) is 0 Å². The number of hydrogen-bond donors (Lipinski definition) is 2. The van der Waals surface area contributed by atoms with Crippen molar-refractivity contribution in [3.63, 3.8) is 0 Å². The number of benzene rings is 2. The van der Waals surface area contributed by atoms with E-state index in [1.807, 2.05) is 13.8 Å². The molecule has 0 spiro atoms. The largest absolute Gasteiger partial charge is 0.416 e. The van der Waals surface area contributed by atoms with Gasteiger partial charge in [-0.1, -0.05) is 6.07 Å². The highest BCUT2D eigenvalue weighted by atomic mass is 19.4. The van der Waals surface area contributed by atoms with Crippen molar-refractivity contribution >= 4 is 11.4 Å². The molecule has 0 aliphatic carbocycles. The van der Waals surface area contributed by atoms with E-state index in [9.17, 15) is 13.2 Å². The van der Waals surface area contributed by atoms with Crippen LogP contribution in [0.5, 0.6) is 0 Å². The van der Waals surface area contributed by atoms with Gasteiger partial charge in [-0.25, -0.2) is 0 Å². The molecule has 142 valence electrons. The summed E-state index contributed by atoms with van der Waals surface area (Å²) in [6.45, 7) is 10.4. The monoisotopic (exact) mass is 364 g/mol. The maximum absolute atomic E-state index is 12.7. The Kier molecular flexibility index (Phi) is 5.89. The molecule has 0 aliphatic rings. The van der Waals surface area contributed by atoms with Crippen molar-refractivity contribution < 1.29 is 13.2 Å². The first-order valence-corrected chi connectivity index (χ1v) is 8.78. The molecule has 0 fully saturated rings. The molecule has 0 bridgehead atoms. The smallest absolute Gasteiger partial charge is 0.383 e. The van der Waals surface area contributed by atoms with E-state index in [2.05, 4.69) is 49.6 Å². The maximum Gasteiger partial charge on any atom is 0.416 e. The first kappa shape index (κ1) is 20.1. The number of rotatable bonds is 6. The van der Waals surface area contributed by atoms with Crippen molar-refractivity contribution in [1.82, 2.24) is 0 Å². The van der Waals surface area contributed by atoms with E-state index in [4.69, 9.17) is 0 Å². The molecule has 2 nitrogen and oxygen atoms in total. The number of hydrogen-bond acceptors (Lipinski definition) is 2. The number of nitrogens with one attached hydrogen (secondary N) is 2. The van der Waals surface area contributed by atoms with E-state index in [1.165, 1.54) is 23.3 Å². The van der Waals surface area contributed by atoms with Gasteiger partial charge < -0.3 is 10.6 Å². The van der Waals surface area contributed by atoms with Crippen LogP contribution in [0, 0.1) is 6.92 Å². The van der Waals surface area contributed by atoms with Crippen molar-refractivity contribution in [2.75, 3.05) is 10.6 Å². The molecule has 0 heterocycles. The summed E-state index contributed by atoms with van der Waals surface area (Å²) in [5.41, 5.74) is 3.22. The first-order chi connectivity index (χ1) is 12.0. The van der Waals surface area contributed by atoms with Gasteiger partial charge in [0.15, 0.2) is 0 Å². The van der Waals surface area contributed by atoms with Crippen LogP contribution < -0.4 is 10.6 Å². The lowest BCUT2D eigenvalue weighted by molar-refractivity contribution is -0.137. The molecule has 2 rings (SSSR count). The quantitative estimate of drug-likeness (QED) is 0.631. The zero-order chi connectivity index (χ0) is 19.5. The molecule has 5 heteroatoms. The van der Waals surface area contributed by atoms with Gasteiger partial charge in [0.2, 0.25) is 0 Å². The fraction of sp³-hybridized carbons (Fsp3) is 0.429. The van der Waals surface area contributed by atoms with Gasteiger partial charge in [-0.2, -0.15) is 13.2 Å². The van der Waals surface area contributed by atoms with E-state index >= 15 is 0 Å². The standard InChI is InChI=1S/C21H27F3N2/c1-14(2)25-19-9-6-15(3)16(12-19)13-20(4,5)26-18-10-7-17(8-11-18)21(22,23)24/h6-12,14,25-26H,13H2,1-5H3. The SMILES string of the molecule is Cc1ccc(NC(C)C)cc1CC(C)(C)Nc1ccc(C(F)(F)F)cc1. The molecule has 0 saturated heterocycles. The second-order valence-corrected chi connectivity index (χ2v) is 7.70. The lowest BCUT2D eigenvalue weighted by atomic mass is 9.91. The number of aryl methyl sites for hydroxylation is 1. The highest BCUT2D eigenvalue weighted by Gasteiger charge is 2.30. The predicted octanol–water partition coefficient (Wildman–Crippen LogP) is 6.27. The second kappa shape index (κ2) is 7.60. The van der Waals surface area contributed by atoms with Crippen molar-refractivity contribution in [2.45, 2.75) is 58.8 Å². The summed E-state index contributed by atoms with van der Waals surface area (Å²) in [4.78, 5) is 0. The Hall–Kier alpha value is -2.17. The van der Waals surface area contributed by atoms with Crippen LogP contribution in [-0.4, -0.2) is 11.6 Å². The molecule has 0 amide bonds. The molecule has 0 aliphatic heterocycles. The van der Waals surface area contributed by atoms with Gasteiger partial charge in [0.05, 0.1) is 5.56 Å². The Morgan fingerprint density at radius 2 is 1.50 bits per heavy atom. The van der Waals surface area contributed by atoms with Crippen LogP contribution >= 0.6 is 0 Å². The van der Waals surface area contributed by atoms with Crippen LogP contribution in [0.15, 0.2) is 42.5 Å². The van der Waals surface area contributed by atoms with Gasteiger partial charge in [-0.3, -0.25) is 0 Å². The third kappa shape index (κ3) is 5.68. The molecule has 0 aromatic heterocycles. The van der Waals surface area contributed by atoms with Crippen molar-refractivity contribution in [2.24, 2.45) is 0 Å². The highest BCUT2D eigenvalue weighted by molar-refractivity contribution is 5.51. The zero-order valence-electron chi connectivity index (χ0n) is 16.0. The normalized spacial score (nSPS) is 12.3. The highest BCUT2D eigenvalue weighted by Crippen LogP contribution is 2.31. The summed E-state index contributed by atoms with van der Waals surface area (Å²) in [5, 5.41) is 6.75. The predicted molar refractivity (Wildman–Crippen MR) is 103 cm³/mol. The summed E-state index contributed by atoms with van der Waals surface area (Å²) in [5.74, 6) is 0. The van der Waals surface area contributed by atoms with Gasteiger partial charge in [0.25, 0.3) is 0 Å². The summed E-state index contributed by atoms with van der Waals surface area (Å²) in [7, 11) is 0. The molecule has 0 saturated carbocycles. The topological polar surface area (TPSA) is 24.1 Å². The van der Waals surface area contributed by atoms with Gasteiger partial charge in [-0.15, -0.1) is 0 Å². The van der Waals surface area contributed by atoms with Crippen LogP contribution in [0.4, 0.5) is 24.5 Å². The van der Waals surface area contributed by atoms with Crippen molar-refractivity contribution in [3.05, 3.63) is 59.2 Å². The fourth-order valence-corrected chi connectivity index (χ4v) is 2.94. The van der Waals surface area contributed by atoms with E-state index in [-0.39, 0.29) is 5.54 Å². The van der Waals surface area contributed by atoms with Crippen LogP contribution in [0.25, 0.3) is 0 Å². The molecule has 0 unspecified atom stereocenters. The van der Waals surface area contributed by atoms with E-state index in [1.54, 1.807) is 0 Å². The maximum atomic E-state index is 12.7. The number of halogens is 3. The third-order valence-electron chi connectivity index (χ3n) is 4.13. The number of anilines is 2. The molecule has 2 aromatic rings. The Labute approximate surface area is 153 Å². The van der Waals surface area contributed by atoms with Gasteiger partial charge >= 0.3 is 6.18 Å². The average Bonchev–Trinajstić information content (AvgIpc) is 2.49. The Morgan fingerprint density at radius 3 is 2.04 bits per heavy atom. The van der Waals surface area contributed by atoms with Crippen molar-refractivity contribution in [1.29, 1.82) is 0 Å². The van der Waals surface area contributed by atoms with Crippen LogP contribution in [0.2, 0.25) is 0 Å². The fourth-order valence-electron chi connectivity index (χ4n) is 2.94. The van der Waals surface area contributed by atoms with Crippen LogP contribution in [0.1, 0.15) is 44.4 Å². The minimum absolute atomic E-state index is 0.305. The Bertz CT molecular complexity index is 732. The molecule has 0 radical (unpaired) electrons. The molecule has 2 N–H and O–H groups in total. The molecular weight excluding hydrogens is 337 g/mol. The summed E-state index contributed by atoms with van der Waals surface area (Å²) >= 11 is 0. The lowest BCUT2D eigenvalue weighted by Crippen LogP contribution is -2.33. The van der Waals surface area contributed by atoms with E-state index in [0.717, 1.165) is 24.2 Å². The summed E-state index contributed by atoms with van der Waals surface area (Å²) in [6.07, 6.45) is -3.55. The van der Waals surface area contributed by atoms with Gasteiger partial charge in [0, 0.05) is 23.0 Å². The summed E-state index contributed by atoms with van der Waals surface area (Å²) < 4.78 is 38.1. The van der Waals surface area contributed by atoms with Crippen LogP contribution in [0.3, 0.4) is 0 Å². The minimum Gasteiger partial charge on any atom is -0.383 e. The van der Waals surface area contributed by atoms with E-state index in [0.29, 0.717) is 11.7 Å². The Morgan fingerprint density at radius 1 is 0.923 bits per heavy atom. The summed E-state index contributed by atoms with van der Waals surface area (Å²) in [6, 6.07) is 11.8. The number of alkyl halides is 3. The molecule has 0 atom stereocenters. The first-order valence-electron chi connectivity index (χ1n) is 8.78. The second-order valence-electron chi connectivity index (χ2n) is 7.70. The Balaban J connectivity index is 2.13. The lowest BCUT2D eigenvalue weighted by Gasteiger charge is -2.29. The minimum atomic E-state index is -4.31. The van der Waals surface area contributed by atoms with Crippen LogP contribution in [-0.2, 0) is 12.6 Å². The molecule has 2 aromatic carbocycles. The molecular formula is C21H27F3N2. The van der Waals surface area contributed by atoms with Crippen molar-refractivity contribution in [3.8, 4) is 0 Å². The molecule has 26 heavy (non-hydrogen) atoms. The zero-order valence-corrected chi connectivity index (χ0v) is 16.0. The third-order valence-corrected chi connectivity index (χ3v) is 4.13.